The van der Waals surface area contributed by atoms with Crippen molar-refractivity contribution in [3.05, 3.63) is 34.9 Å². The highest BCUT2D eigenvalue weighted by Crippen LogP contribution is 2.26. The number of morpholine rings is 1. The van der Waals surface area contributed by atoms with E-state index in [-0.39, 0.29) is 0 Å². The Kier molecular flexibility index (Phi) is 6.04. The minimum Gasteiger partial charge on any atom is -0.491 e. The molecule has 0 bridgehead atoms. The molecule has 0 amide bonds. The molecule has 1 aromatic carbocycles. The van der Waals surface area contributed by atoms with E-state index in [1.54, 1.807) is 18.2 Å². The normalized spacial score (nSPS) is 16.2. The van der Waals surface area contributed by atoms with Crippen molar-refractivity contribution in [1.82, 2.24) is 4.90 Å². The Morgan fingerprint density at radius 3 is 2.86 bits per heavy atom. The molecule has 0 aromatic heterocycles. The van der Waals surface area contributed by atoms with E-state index in [0.29, 0.717) is 17.4 Å². The van der Waals surface area contributed by atoms with Crippen molar-refractivity contribution < 1.29 is 19.4 Å². The van der Waals surface area contributed by atoms with Crippen molar-refractivity contribution in [1.29, 1.82) is 0 Å². The van der Waals surface area contributed by atoms with Crippen molar-refractivity contribution in [3.63, 3.8) is 0 Å². The van der Waals surface area contributed by atoms with Gasteiger partial charge in [0.05, 0.1) is 18.2 Å². The summed E-state index contributed by atoms with van der Waals surface area (Å²) in [5.74, 6) is -0.380. The van der Waals surface area contributed by atoms with Crippen molar-refractivity contribution in [2.45, 2.75) is 0 Å². The lowest BCUT2D eigenvalue weighted by Gasteiger charge is -2.26. The molecule has 0 unspecified atom stereocenters. The Labute approximate surface area is 128 Å². The van der Waals surface area contributed by atoms with Crippen LogP contribution in [0.15, 0.2) is 24.3 Å². The predicted octanol–water partition coefficient (Wildman–Crippen LogP) is 2.15. The van der Waals surface area contributed by atoms with Gasteiger partial charge in [0.25, 0.3) is 0 Å². The van der Waals surface area contributed by atoms with Gasteiger partial charge in [-0.1, -0.05) is 17.7 Å². The van der Waals surface area contributed by atoms with Crippen LogP contribution in [0.2, 0.25) is 5.02 Å². The van der Waals surface area contributed by atoms with Gasteiger partial charge in [-0.25, -0.2) is 4.79 Å². The summed E-state index contributed by atoms with van der Waals surface area (Å²) in [5, 5.41) is 9.06. The maximum Gasteiger partial charge on any atom is 0.328 e. The summed E-state index contributed by atoms with van der Waals surface area (Å²) < 4.78 is 10.9. The van der Waals surface area contributed by atoms with Gasteiger partial charge >= 0.3 is 5.97 Å². The number of aliphatic carboxylic acids is 1. The first-order valence-corrected chi connectivity index (χ1v) is 7.16. The molecule has 1 heterocycles. The lowest BCUT2D eigenvalue weighted by Crippen LogP contribution is -2.38. The second-order valence-electron chi connectivity index (χ2n) is 4.66. The fraction of sp³-hybridized carbons (Fsp3) is 0.400. The number of ether oxygens (including phenoxy) is 2. The summed E-state index contributed by atoms with van der Waals surface area (Å²) >= 11 is 6.13. The first-order chi connectivity index (χ1) is 10.1. The SMILES string of the molecule is O=C(O)C=Cc1ccc(OCCN2CCOCC2)c(Cl)c1. The van der Waals surface area contributed by atoms with Crippen molar-refractivity contribution >= 4 is 23.6 Å². The minimum atomic E-state index is -0.989. The van der Waals surface area contributed by atoms with Crippen LogP contribution in [0.25, 0.3) is 6.08 Å². The zero-order chi connectivity index (χ0) is 15.1. The maximum atomic E-state index is 10.5. The monoisotopic (exact) mass is 311 g/mol. The highest BCUT2D eigenvalue weighted by molar-refractivity contribution is 6.32. The number of halogens is 1. The third-order valence-corrected chi connectivity index (χ3v) is 3.44. The molecule has 2 rings (SSSR count). The molecule has 1 aliphatic heterocycles. The van der Waals surface area contributed by atoms with Crippen LogP contribution in [-0.2, 0) is 9.53 Å². The molecule has 0 saturated carbocycles. The lowest BCUT2D eigenvalue weighted by atomic mass is 10.2. The quantitative estimate of drug-likeness (QED) is 0.816. The zero-order valence-electron chi connectivity index (χ0n) is 11.6. The fourth-order valence-electron chi connectivity index (χ4n) is 2.01. The Bertz CT molecular complexity index is 512. The summed E-state index contributed by atoms with van der Waals surface area (Å²) in [6, 6.07) is 5.21. The van der Waals surface area contributed by atoms with E-state index < -0.39 is 5.97 Å². The first-order valence-electron chi connectivity index (χ1n) is 6.78. The molecule has 1 fully saturated rings. The Morgan fingerprint density at radius 2 is 2.19 bits per heavy atom. The standard InChI is InChI=1S/C15H18ClNO4/c16-13-11-12(2-4-15(18)19)1-3-14(13)21-10-7-17-5-8-20-9-6-17/h1-4,11H,5-10H2,(H,18,19). The van der Waals surface area contributed by atoms with Gasteiger partial charge in [0.2, 0.25) is 0 Å². The summed E-state index contributed by atoms with van der Waals surface area (Å²) in [6.07, 6.45) is 2.57. The first kappa shape index (κ1) is 15.8. The molecule has 0 atom stereocenters. The van der Waals surface area contributed by atoms with Crippen LogP contribution >= 0.6 is 11.6 Å². The van der Waals surface area contributed by atoms with Crippen LogP contribution in [0.1, 0.15) is 5.56 Å². The van der Waals surface area contributed by atoms with Gasteiger partial charge in [-0.3, -0.25) is 4.90 Å². The average Bonchev–Trinajstić information content (AvgIpc) is 2.48. The molecule has 6 heteroatoms. The third kappa shape index (κ3) is 5.38. The summed E-state index contributed by atoms with van der Waals surface area (Å²) in [4.78, 5) is 12.7. The van der Waals surface area contributed by atoms with E-state index in [2.05, 4.69) is 4.90 Å². The van der Waals surface area contributed by atoms with Crippen LogP contribution in [0.5, 0.6) is 5.75 Å². The Hall–Kier alpha value is -1.56. The van der Waals surface area contributed by atoms with Gasteiger partial charge in [-0.2, -0.15) is 0 Å². The average molecular weight is 312 g/mol. The Morgan fingerprint density at radius 1 is 1.43 bits per heavy atom. The molecule has 0 spiro atoms. The van der Waals surface area contributed by atoms with Gasteiger partial charge in [-0.05, 0) is 23.8 Å². The molecule has 1 aromatic rings. The fourth-order valence-corrected chi connectivity index (χ4v) is 2.26. The van der Waals surface area contributed by atoms with Gasteiger partial charge in [0, 0.05) is 25.7 Å². The minimum absolute atomic E-state index is 0.476. The van der Waals surface area contributed by atoms with Gasteiger partial charge in [0.1, 0.15) is 12.4 Å². The lowest BCUT2D eigenvalue weighted by molar-refractivity contribution is -0.131. The number of carboxylic acids is 1. The smallest absolute Gasteiger partial charge is 0.328 e. The summed E-state index contributed by atoms with van der Waals surface area (Å²) in [5.41, 5.74) is 0.725. The predicted molar refractivity (Wildman–Crippen MR) is 80.9 cm³/mol. The molecule has 1 N–H and O–H groups in total. The molecule has 5 nitrogen and oxygen atoms in total. The van der Waals surface area contributed by atoms with Crippen LogP contribution in [0, 0.1) is 0 Å². The molecule has 114 valence electrons. The van der Waals surface area contributed by atoms with Crippen LogP contribution in [-0.4, -0.2) is 55.4 Å². The molecule has 0 radical (unpaired) electrons. The molecule has 1 saturated heterocycles. The highest BCUT2D eigenvalue weighted by Gasteiger charge is 2.10. The maximum absolute atomic E-state index is 10.5. The Balaban J connectivity index is 1.84. The molecule has 0 aliphatic carbocycles. The third-order valence-electron chi connectivity index (χ3n) is 3.14. The van der Waals surface area contributed by atoms with Crippen molar-refractivity contribution in [2.75, 3.05) is 39.5 Å². The summed E-state index contributed by atoms with van der Waals surface area (Å²) in [6.45, 7) is 4.78. The highest BCUT2D eigenvalue weighted by atomic mass is 35.5. The number of hydrogen-bond acceptors (Lipinski definition) is 4. The topological polar surface area (TPSA) is 59.0 Å². The molecular formula is C15H18ClNO4. The largest absolute Gasteiger partial charge is 0.491 e. The molecule has 21 heavy (non-hydrogen) atoms. The van der Waals surface area contributed by atoms with Gasteiger partial charge in [0.15, 0.2) is 0 Å². The molecular weight excluding hydrogens is 294 g/mol. The van der Waals surface area contributed by atoms with Gasteiger partial charge in [-0.15, -0.1) is 0 Å². The van der Waals surface area contributed by atoms with E-state index in [4.69, 9.17) is 26.2 Å². The van der Waals surface area contributed by atoms with Crippen molar-refractivity contribution in [3.8, 4) is 5.75 Å². The number of nitrogens with zero attached hydrogens (tertiary/aromatic N) is 1. The zero-order valence-corrected chi connectivity index (χ0v) is 12.4. The van der Waals surface area contributed by atoms with E-state index >= 15 is 0 Å². The van der Waals surface area contributed by atoms with E-state index in [0.717, 1.165) is 44.5 Å². The van der Waals surface area contributed by atoms with Crippen molar-refractivity contribution in [2.24, 2.45) is 0 Å². The molecule has 1 aliphatic rings. The van der Waals surface area contributed by atoms with Crippen LogP contribution < -0.4 is 4.74 Å². The second-order valence-corrected chi connectivity index (χ2v) is 5.07. The summed E-state index contributed by atoms with van der Waals surface area (Å²) in [7, 11) is 0. The van der Waals surface area contributed by atoms with E-state index in [1.807, 2.05) is 0 Å². The van der Waals surface area contributed by atoms with Gasteiger partial charge < -0.3 is 14.6 Å². The second kappa shape index (κ2) is 8.02. The number of carboxylic acid groups (broad SMARTS) is 1. The van der Waals surface area contributed by atoms with E-state index in [1.165, 1.54) is 6.08 Å². The number of benzene rings is 1. The van der Waals surface area contributed by atoms with E-state index in [9.17, 15) is 4.79 Å². The number of rotatable bonds is 6. The number of carbonyl (C=O) groups is 1. The van der Waals surface area contributed by atoms with Crippen LogP contribution in [0.4, 0.5) is 0 Å². The number of hydrogen-bond donors (Lipinski definition) is 1. The van der Waals surface area contributed by atoms with Crippen LogP contribution in [0.3, 0.4) is 0 Å².